The Kier molecular flexibility index (Phi) is 3.85. The summed E-state index contributed by atoms with van der Waals surface area (Å²) in [5.74, 6) is 0.637. The molecule has 1 heterocycles. The molecule has 0 N–H and O–H groups in total. The van der Waals surface area contributed by atoms with Crippen molar-refractivity contribution in [2.75, 3.05) is 27.7 Å². The zero-order chi connectivity index (χ0) is 11.4. The van der Waals surface area contributed by atoms with Gasteiger partial charge in [-0.25, -0.2) is 9.78 Å². The Balaban J connectivity index is 2.81. The fraction of sp³-hybridized carbons (Fsp3) is 0.600. The van der Waals surface area contributed by atoms with Gasteiger partial charge in [-0.15, -0.1) is 0 Å². The maximum absolute atomic E-state index is 11.3. The van der Waals surface area contributed by atoms with Crippen LogP contribution in [0.5, 0.6) is 0 Å². The monoisotopic (exact) mass is 212 g/mol. The predicted molar refractivity (Wildman–Crippen MR) is 54.8 cm³/mol. The molecule has 84 valence electrons. The van der Waals surface area contributed by atoms with Gasteiger partial charge in [0, 0.05) is 19.9 Å². The second kappa shape index (κ2) is 4.93. The summed E-state index contributed by atoms with van der Waals surface area (Å²) in [5.41, 5.74) is 0.289. The minimum Gasteiger partial charge on any atom is -0.464 e. The molecule has 0 aromatic carbocycles. The van der Waals surface area contributed by atoms with E-state index >= 15 is 0 Å². The zero-order valence-corrected chi connectivity index (χ0v) is 9.53. The van der Waals surface area contributed by atoms with Gasteiger partial charge in [0.1, 0.15) is 5.76 Å². The number of methoxy groups -OCH3 is 1. The van der Waals surface area contributed by atoms with Crippen molar-refractivity contribution in [3.05, 3.63) is 17.3 Å². The van der Waals surface area contributed by atoms with E-state index in [9.17, 15) is 4.79 Å². The van der Waals surface area contributed by atoms with Crippen LogP contribution in [0, 0.1) is 6.92 Å². The van der Waals surface area contributed by atoms with E-state index in [1.165, 1.54) is 7.11 Å². The lowest BCUT2D eigenvalue weighted by Crippen LogP contribution is -2.16. The highest BCUT2D eigenvalue weighted by Gasteiger charge is 2.18. The molecule has 1 rings (SSSR count). The van der Waals surface area contributed by atoms with Gasteiger partial charge in [0.2, 0.25) is 0 Å². The lowest BCUT2D eigenvalue weighted by Gasteiger charge is -2.07. The molecule has 0 atom stereocenters. The van der Waals surface area contributed by atoms with E-state index in [1.54, 1.807) is 6.92 Å². The van der Waals surface area contributed by atoms with Crippen molar-refractivity contribution in [2.24, 2.45) is 0 Å². The molecule has 0 aliphatic rings. The van der Waals surface area contributed by atoms with Crippen LogP contribution in [0.2, 0.25) is 0 Å². The van der Waals surface area contributed by atoms with Crippen molar-refractivity contribution in [1.82, 2.24) is 9.88 Å². The Morgan fingerprint density at radius 1 is 1.53 bits per heavy atom. The maximum atomic E-state index is 11.3. The van der Waals surface area contributed by atoms with E-state index in [4.69, 9.17) is 4.42 Å². The van der Waals surface area contributed by atoms with Crippen molar-refractivity contribution in [1.29, 1.82) is 0 Å². The molecule has 0 aliphatic carbocycles. The molecule has 0 amide bonds. The normalized spacial score (nSPS) is 10.7. The van der Waals surface area contributed by atoms with Crippen LogP contribution in [0.1, 0.15) is 22.1 Å². The SMILES string of the molecule is COC(=O)c1nc(C)oc1CCN(C)C. The fourth-order valence-corrected chi connectivity index (χ4v) is 1.22. The zero-order valence-electron chi connectivity index (χ0n) is 9.53. The second-order valence-electron chi connectivity index (χ2n) is 3.55. The van der Waals surface area contributed by atoms with Crippen molar-refractivity contribution in [3.8, 4) is 0 Å². The van der Waals surface area contributed by atoms with Crippen molar-refractivity contribution in [3.63, 3.8) is 0 Å². The topological polar surface area (TPSA) is 55.6 Å². The lowest BCUT2D eigenvalue weighted by atomic mass is 10.2. The van der Waals surface area contributed by atoms with Crippen LogP contribution in [-0.2, 0) is 11.2 Å². The van der Waals surface area contributed by atoms with Crippen LogP contribution in [0.25, 0.3) is 0 Å². The number of likely N-dealkylation sites (N-methyl/N-ethyl adjacent to an activating group) is 1. The lowest BCUT2D eigenvalue weighted by molar-refractivity contribution is 0.0592. The van der Waals surface area contributed by atoms with Crippen molar-refractivity contribution in [2.45, 2.75) is 13.3 Å². The molecule has 0 unspecified atom stereocenters. The molecule has 1 aromatic heterocycles. The summed E-state index contributed by atoms with van der Waals surface area (Å²) in [4.78, 5) is 17.3. The average Bonchev–Trinajstić information content (AvgIpc) is 2.55. The van der Waals surface area contributed by atoms with E-state index in [-0.39, 0.29) is 5.69 Å². The minimum atomic E-state index is -0.444. The van der Waals surface area contributed by atoms with Gasteiger partial charge in [-0.05, 0) is 14.1 Å². The second-order valence-corrected chi connectivity index (χ2v) is 3.55. The molecule has 0 radical (unpaired) electrons. The number of rotatable bonds is 4. The number of aromatic nitrogens is 1. The maximum Gasteiger partial charge on any atom is 0.360 e. The summed E-state index contributed by atoms with van der Waals surface area (Å²) in [6.45, 7) is 2.52. The number of aryl methyl sites for hydroxylation is 1. The summed E-state index contributed by atoms with van der Waals surface area (Å²) in [6.07, 6.45) is 0.651. The molecule has 15 heavy (non-hydrogen) atoms. The number of hydrogen-bond donors (Lipinski definition) is 0. The Morgan fingerprint density at radius 3 is 2.73 bits per heavy atom. The molecular weight excluding hydrogens is 196 g/mol. The van der Waals surface area contributed by atoms with Gasteiger partial charge >= 0.3 is 5.97 Å². The fourth-order valence-electron chi connectivity index (χ4n) is 1.22. The first-order chi connectivity index (χ1) is 7.04. The molecule has 0 spiro atoms. The van der Waals surface area contributed by atoms with Gasteiger partial charge in [-0.2, -0.15) is 0 Å². The van der Waals surface area contributed by atoms with E-state index in [0.717, 1.165) is 6.54 Å². The smallest absolute Gasteiger partial charge is 0.360 e. The molecule has 0 saturated carbocycles. The molecule has 0 bridgehead atoms. The number of esters is 1. The third-order valence-corrected chi connectivity index (χ3v) is 1.97. The van der Waals surface area contributed by atoms with Gasteiger partial charge in [0.05, 0.1) is 7.11 Å². The van der Waals surface area contributed by atoms with E-state index in [2.05, 4.69) is 9.72 Å². The largest absolute Gasteiger partial charge is 0.464 e. The minimum absolute atomic E-state index is 0.289. The van der Waals surface area contributed by atoms with Crippen LogP contribution < -0.4 is 0 Å². The Morgan fingerprint density at radius 2 is 2.20 bits per heavy atom. The molecule has 1 aromatic rings. The molecule has 0 aliphatic heterocycles. The van der Waals surface area contributed by atoms with Gasteiger partial charge in [0.25, 0.3) is 0 Å². The number of hydrogen-bond acceptors (Lipinski definition) is 5. The van der Waals surface area contributed by atoms with Crippen LogP contribution in [0.3, 0.4) is 0 Å². The number of oxazole rings is 1. The predicted octanol–water partition coefficient (Wildman–Crippen LogP) is 0.874. The standard InChI is InChI=1S/C10H16N2O3/c1-7-11-9(10(13)14-4)8(15-7)5-6-12(2)3/h5-6H2,1-4H3. The van der Waals surface area contributed by atoms with Gasteiger partial charge in [-0.3, -0.25) is 0 Å². The molecular formula is C10H16N2O3. The Bertz CT molecular complexity index is 344. The highest BCUT2D eigenvalue weighted by molar-refractivity contribution is 5.88. The number of carbonyl (C=O) groups excluding carboxylic acids is 1. The Hall–Kier alpha value is -1.36. The van der Waals surface area contributed by atoms with E-state index in [0.29, 0.717) is 18.1 Å². The van der Waals surface area contributed by atoms with Gasteiger partial charge in [0.15, 0.2) is 11.6 Å². The first-order valence-electron chi connectivity index (χ1n) is 4.74. The van der Waals surface area contributed by atoms with E-state index < -0.39 is 5.97 Å². The van der Waals surface area contributed by atoms with Crippen molar-refractivity contribution < 1.29 is 13.9 Å². The van der Waals surface area contributed by atoms with Gasteiger partial charge in [-0.1, -0.05) is 0 Å². The number of carbonyl (C=O) groups is 1. The van der Waals surface area contributed by atoms with Gasteiger partial charge < -0.3 is 14.1 Å². The summed E-state index contributed by atoms with van der Waals surface area (Å²) < 4.78 is 9.97. The highest BCUT2D eigenvalue weighted by Crippen LogP contribution is 2.12. The summed E-state index contributed by atoms with van der Waals surface area (Å²) in [6, 6.07) is 0. The van der Waals surface area contributed by atoms with Crippen LogP contribution in [-0.4, -0.2) is 43.6 Å². The van der Waals surface area contributed by atoms with E-state index in [1.807, 2.05) is 19.0 Å². The molecule has 5 nitrogen and oxygen atoms in total. The molecule has 0 saturated heterocycles. The third-order valence-electron chi connectivity index (χ3n) is 1.97. The summed E-state index contributed by atoms with van der Waals surface area (Å²) in [7, 11) is 5.25. The Labute approximate surface area is 89.0 Å². The van der Waals surface area contributed by atoms with Crippen LogP contribution in [0.15, 0.2) is 4.42 Å². The van der Waals surface area contributed by atoms with Crippen LogP contribution in [0.4, 0.5) is 0 Å². The highest BCUT2D eigenvalue weighted by atomic mass is 16.5. The first-order valence-corrected chi connectivity index (χ1v) is 4.74. The number of ether oxygens (including phenoxy) is 1. The number of nitrogens with zero attached hydrogens (tertiary/aromatic N) is 2. The molecule has 0 fully saturated rings. The average molecular weight is 212 g/mol. The summed E-state index contributed by atoms with van der Waals surface area (Å²) in [5, 5.41) is 0. The first kappa shape index (κ1) is 11.7. The third kappa shape index (κ3) is 3.06. The van der Waals surface area contributed by atoms with Crippen LogP contribution >= 0.6 is 0 Å². The quantitative estimate of drug-likeness (QED) is 0.693. The summed E-state index contributed by atoms with van der Waals surface area (Å²) >= 11 is 0. The van der Waals surface area contributed by atoms with Crippen molar-refractivity contribution >= 4 is 5.97 Å². The molecule has 5 heteroatoms.